The summed E-state index contributed by atoms with van der Waals surface area (Å²) >= 11 is 0. The van der Waals surface area contributed by atoms with Crippen molar-refractivity contribution in [2.75, 3.05) is 18.9 Å². The molecule has 30 heavy (non-hydrogen) atoms. The number of amides is 1. The molecule has 0 fully saturated rings. The van der Waals surface area contributed by atoms with Gasteiger partial charge in [-0.15, -0.1) is 0 Å². The molecule has 0 aliphatic carbocycles. The van der Waals surface area contributed by atoms with Crippen molar-refractivity contribution in [2.45, 2.75) is 32.0 Å². The first-order chi connectivity index (χ1) is 14.5. The lowest BCUT2D eigenvalue weighted by Gasteiger charge is -2.38. The van der Waals surface area contributed by atoms with Gasteiger partial charge in [0, 0.05) is 38.6 Å². The molecule has 0 saturated carbocycles. The first-order valence-corrected chi connectivity index (χ1v) is 10.2. The Kier molecular flexibility index (Phi) is 5.77. The van der Waals surface area contributed by atoms with Crippen molar-refractivity contribution in [3.05, 3.63) is 89.4 Å². The summed E-state index contributed by atoms with van der Waals surface area (Å²) in [6.07, 6.45) is 3.50. The summed E-state index contributed by atoms with van der Waals surface area (Å²) in [7, 11) is 2.04. The van der Waals surface area contributed by atoms with Crippen LogP contribution >= 0.6 is 0 Å². The van der Waals surface area contributed by atoms with Gasteiger partial charge < -0.3 is 15.5 Å². The largest absolute Gasteiger partial charge is 0.366 e. The van der Waals surface area contributed by atoms with Crippen LogP contribution in [-0.4, -0.2) is 34.4 Å². The average molecular weight is 402 g/mol. The summed E-state index contributed by atoms with van der Waals surface area (Å²) in [5, 5.41) is 6.47. The van der Waals surface area contributed by atoms with E-state index in [1.54, 1.807) is 12.4 Å². The van der Waals surface area contributed by atoms with Gasteiger partial charge in [0.1, 0.15) is 11.2 Å². The van der Waals surface area contributed by atoms with E-state index in [0.29, 0.717) is 19.6 Å². The van der Waals surface area contributed by atoms with Crippen LogP contribution in [0.15, 0.2) is 67.0 Å². The highest BCUT2D eigenvalue weighted by atomic mass is 16.2. The Balaban J connectivity index is 1.54. The normalized spacial score (nSPS) is 18.5. The van der Waals surface area contributed by atoms with E-state index >= 15 is 0 Å². The smallest absolute Gasteiger partial charge is 0.233 e. The standard InChI is InChI=1S/C24H27N5O/c1-24(23(30)27-15-19-9-6-12-25-13-19)17-29(2)16-20-10-11-21(28-22(20)24)26-14-18-7-4-3-5-8-18/h3-13H,14-17H2,1-2H3,(H,26,28)(H,27,30). The maximum Gasteiger partial charge on any atom is 0.233 e. The summed E-state index contributed by atoms with van der Waals surface area (Å²) in [6, 6.07) is 18.1. The minimum Gasteiger partial charge on any atom is -0.366 e. The monoisotopic (exact) mass is 401 g/mol. The number of fused-ring (bicyclic) bond motifs is 1. The maximum atomic E-state index is 13.3. The number of pyridine rings is 2. The minimum absolute atomic E-state index is 0.0214. The Morgan fingerprint density at radius 1 is 1.07 bits per heavy atom. The molecule has 1 atom stereocenters. The van der Waals surface area contributed by atoms with Gasteiger partial charge >= 0.3 is 0 Å². The number of nitrogens with zero attached hydrogens (tertiary/aromatic N) is 3. The van der Waals surface area contributed by atoms with Crippen LogP contribution in [0.2, 0.25) is 0 Å². The van der Waals surface area contributed by atoms with Crippen LogP contribution in [0.3, 0.4) is 0 Å². The lowest BCUT2D eigenvalue weighted by molar-refractivity contribution is -0.127. The van der Waals surface area contributed by atoms with Gasteiger partial charge in [-0.2, -0.15) is 0 Å². The van der Waals surface area contributed by atoms with Crippen LogP contribution in [0.1, 0.15) is 29.3 Å². The van der Waals surface area contributed by atoms with E-state index in [0.717, 1.165) is 29.2 Å². The minimum atomic E-state index is -0.727. The SMILES string of the molecule is CN1Cc2ccc(NCc3ccccc3)nc2C(C)(C(=O)NCc2cccnc2)C1. The molecular formula is C24H27N5O. The zero-order valence-electron chi connectivity index (χ0n) is 17.4. The number of aromatic nitrogens is 2. The fraction of sp³-hybridized carbons (Fsp3) is 0.292. The highest BCUT2D eigenvalue weighted by molar-refractivity contribution is 5.88. The van der Waals surface area contributed by atoms with E-state index in [9.17, 15) is 4.79 Å². The first kappa shape index (κ1) is 20.0. The highest BCUT2D eigenvalue weighted by Crippen LogP contribution is 2.33. The lowest BCUT2D eigenvalue weighted by Crippen LogP contribution is -2.52. The quantitative estimate of drug-likeness (QED) is 0.664. The van der Waals surface area contributed by atoms with Gasteiger partial charge in [0.05, 0.1) is 5.69 Å². The predicted octanol–water partition coefficient (Wildman–Crippen LogP) is 3.11. The molecule has 1 aliphatic rings. The number of hydrogen-bond acceptors (Lipinski definition) is 5. The second kappa shape index (κ2) is 8.63. The number of rotatable bonds is 6. The molecule has 3 aromatic rings. The molecule has 0 saturated heterocycles. The van der Waals surface area contributed by atoms with Crippen LogP contribution in [0.5, 0.6) is 0 Å². The molecule has 6 nitrogen and oxygen atoms in total. The van der Waals surface area contributed by atoms with Crippen molar-refractivity contribution >= 4 is 11.7 Å². The van der Waals surface area contributed by atoms with E-state index in [1.807, 2.05) is 50.4 Å². The Morgan fingerprint density at radius 2 is 1.87 bits per heavy atom. The van der Waals surface area contributed by atoms with Gasteiger partial charge in [0.25, 0.3) is 0 Å². The Bertz CT molecular complexity index is 1010. The van der Waals surface area contributed by atoms with Crippen LogP contribution in [0, 0.1) is 0 Å². The van der Waals surface area contributed by atoms with Crippen molar-refractivity contribution in [2.24, 2.45) is 0 Å². The van der Waals surface area contributed by atoms with Gasteiger partial charge in [-0.1, -0.05) is 42.5 Å². The number of carbonyl (C=O) groups excluding carboxylic acids is 1. The molecule has 0 bridgehead atoms. The predicted molar refractivity (Wildman–Crippen MR) is 118 cm³/mol. The fourth-order valence-electron chi connectivity index (χ4n) is 4.00. The van der Waals surface area contributed by atoms with Crippen molar-refractivity contribution in [3.63, 3.8) is 0 Å². The topological polar surface area (TPSA) is 70.2 Å². The Labute approximate surface area is 177 Å². The van der Waals surface area contributed by atoms with Crippen LogP contribution in [-0.2, 0) is 29.8 Å². The molecule has 4 rings (SSSR count). The van der Waals surface area contributed by atoms with E-state index in [2.05, 4.69) is 38.7 Å². The molecule has 0 radical (unpaired) electrons. The average Bonchev–Trinajstić information content (AvgIpc) is 2.77. The molecule has 3 heterocycles. The third-order valence-corrected chi connectivity index (χ3v) is 5.52. The number of likely N-dealkylation sites (N-methyl/N-ethyl adjacent to an activating group) is 1. The summed E-state index contributed by atoms with van der Waals surface area (Å²) < 4.78 is 0. The van der Waals surface area contributed by atoms with Crippen LogP contribution < -0.4 is 10.6 Å². The molecular weight excluding hydrogens is 374 g/mol. The zero-order chi connectivity index (χ0) is 21.0. The second-order valence-electron chi connectivity index (χ2n) is 8.09. The number of carbonyl (C=O) groups is 1. The third-order valence-electron chi connectivity index (χ3n) is 5.52. The molecule has 0 spiro atoms. The number of hydrogen-bond donors (Lipinski definition) is 2. The number of benzene rings is 1. The Morgan fingerprint density at radius 3 is 2.63 bits per heavy atom. The second-order valence-corrected chi connectivity index (χ2v) is 8.09. The number of nitrogens with one attached hydrogen (secondary N) is 2. The summed E-state index contributed by atoms with van der Waals surface area (Å²) in [5.41, 5.74) is 3.38. The third kappa shape index (κ3) is 4.33. The molecule has 1 amide bonds. The number of anilines is 1. The first-order valence-electron chi connectivity index (χ1n) is 10.2. The molecule has 2 aromatic heterocycles. The van der Waals surface area contributed by atoms with E-state index in [4.69, 9.17) is 4.98 Å². The highest BCUT2D eigenvalue weighted by Gasteiger charge is 2.42. The lowest BCUT2D eigenvalue weighted by atomic mass is 9.79. The summed E-state index contributed by atoms with van der Waals surface area (Å²) in [4.78, 5) is 24.4. The van der Waals surface area contributed by atoms with Crippen LogP contribution in [0.25, 0.3) is 0 Å². The molecule has 1 aliphatic heterocycles. The Hall–Kier alpha value is -3.25. The molecule has 2 N–H and O–H groups in total. The summed E-state index contributed by atoms with van der Waals surface area (Å²) in [6.45, 7) is 4.53. The fourth-order valence-corrected chi connectivity index (χ4v) is 4.00. The van der Waals surface area contributed by atoms with Crippen molar-refractivity contribution in [3.8, 4) is 0 Å². The van der Waals surface area contributed by atoms with Gasteiger partial charge in [-0.05, 0) is 42.8 Å². The van der Waals surface area contributed by atoms with Gasteiger partial charge in [0.15, 0.2) is 0 Å². The van der Waals surface area contributed by atoms with Crippen molar-refractivity contribution < 1.29 is 4.79 Å². The van der Waals surface area contributed by atoms with E-state index < -0.39 is 5.41 Å². The molecule has 1 aromatic carbocycles. The molecule has 1 unspecified atom stereocenters. The van der Waals surface area contributed by atoms with E-state index in [1.165, 1.54) is 5.56 Å². The zero-order valence-corrected chi connectivity index (χ0v) is 17.4. The van der Waals surface area contributed by atoms with Gasteiger partial charge in [0.2, 0.25) is 5.91 Å². The van der Waals surface area contributed by atoms with Crippen LogP contribution in [0.4, 0.5) is 5.82 Å². The van der Waals surface area contributed by atoms with Gasteiger partial charge in [-0.25, -0.2) is 4.98 Å². The molecule has 154 valence electrons. The van der Waals surface area contributed by atoms with Crippen molar-refractivity contribution in [1.29, 1.82) is 0 Å². The van der Waals surface area contributed by atoms with Crippen molar-refractivity contribution in [1.82, 2.24) is 20.2 Å². The molecule has 6 heteroatoms. The maximum absolute atomic E-state index is 13.3. The summed E-state index contributed by atoms with van der Waals surface area (Å²) in [5.74, 6) is 0.764. The van der Waals surface area contributed by atoms with E-state index in [-0.39, 0.29) is 5.91 Å². The van der Waals surface area contributed by atoms with Gasteiger partial charge in [-0.3, -0.25) is 9.78 Å².